The molecule has 3 aromatic rings. The van der Waals surface area contributed by atoms with Gasteiger partial charge in [0.25, 0.3) is 5.91 Å². The number of rotatable bonds is 5. The summed E-state index contributed by atoms with van der Waals surface area (Å²) in [4.78, 5) is 25.4. The summed E-state index contributed by atoms with van der Waals surface area (Å²) in [7, 11) is 0. The lowest BCUT2D eigenvalue weighted by molar-refractivity contribution is -0.120. The van der Waals surface area contributed by atoms with Crippen molar-refractivity contribution < 1.29 is 19.1 Å². The number of halogens is 2. The number of benzene rings is 2. The Bertz CT molecular complexity index is 1060. The average Bonchev–Trinajstić information content (AvgIpc) is 2.91. The molecule has 0 saturated heterocycles. The molecule has 3 rings (SSSR count). The number of phenols is 1. The Balaban J connectivity index is 2.15. The highest BCUT2D eigenvalue weighted by Gasteiger charge is 2.23. The van der Waals surface area contributed by atoms with Gasteiger partial charge in [-0.15, -0.1) is 0 Å². The SMILES string of the molecule is CCCNC(=O)Cc1c(C)n(C(=O)c2ccc(Br)cc2)c2cc(F)c(O)cc12. The van der Waals surface area contributed by atoms with Crippen LogP contribution >= 0.6 is 15.9 Å². The van der Waals surface area contributed by atoms with Gasteiger partial charge in [-0.1, -0.05) is 22.9 Å². The number of aromatic nitrogens is 1. The second-order valence-corrected chi connectivity index (χ2v) is 7.47. The predicted molar refractivity (Wildman–Crippen MR) is 109 cm³/mol. The summed E-state index contributed by atoms with van der Waals surface area (Å²) in [5.74, 6) is -1.86. The number of aromatic hydroxyl groups is 1. The van der Waals surface area contributed by atoms with E-state index in [0.29, 0.717) is 34.3 Å². The van der Waals surface area contributed by atoms with E-state index in [1.165, 1.54) is 10.6 Å². The minimum atomic E-state index is -0.822. The summed E-state index contributed by atoms with van der Waals surface area (Å²) in [6, 6.07) is 9.23. The maximum atomic E-state index is 14.1. The monoisotopic (exact) mass is 446 g/mol. The van der Waals surface area contributed by atoms with E-state index >= 15 is 0 Å². The van der Waals surface area contributed by atoms with Gasteiger partial charge >= 0.3 is 0 Å². The molecule has 0 saturated carbocycles. The minimum Gasteiger partial charge on any atom is -0.505 e. The number of nitrogens with one attached hydrogen (secondary N) is 1. The van der Waals surface area contributed by atoms with E-state index in [2.05, 4.69) is 21.2 Å². The summed E-state index contributed by atoms with van der Waals surface area (Å²) >= 11 is 3.33. The van der Waals surface area contributed by atoms with E-state index in [-0.39, 0.29) is 18.2 Å². The van der Waals surface area contributed by atoms with Crippen LogP contribution in [0.4, 0.5) is 4.39 Å². The summed E-state index contributed by atoms with van der Waals surface area (Å²) in [6.45, 7) is 4.22. The minimum absolute atomic E-state index is 0.0357. The molecule has 0 spiro atoms. The summed E-state index contributed by atoms with van der Waals surface area (Å²) in [5, 5.41) is 13.1. The molecule has 1 heterocycles. The Morgan fingerprint density at radius 1 is 1.21 bits per heavy atom. The van der Waals surface area contributed by atoms with Crippen LogP contribution in [-0.4, -0.2) is 28.0 Å². The molecular weight excluding hydrogens is 427 g/mol. The van der Waals surface area contributed by atoms with Crippen molar-refractivity contribution in [1.82, 2.24) is 9.88 Å². The van der Waals surface area contributed by atoms with Crippen molar-refractivity contribution in [3.63, 3.8) is 0 Å². The molecule has 5 nitrogen and oxygen atoms in total. The van der Waals surface area contributed by atoms with Crippen molar-refractivity contribution in [3.05, 3.63) is 63.5 Å². The molecule has 0 aliphatic heterocycles. The zero-order valence-corrected chi connectivity index (χ0v) is 17.1. The van der Waals surface area contributed by atoms with E-state index in [1.807, 2.05) is 6.92 Å². The topological polar surface area (TPSA) is 71.3 Å². The fourth-order valence-electron chi connectivity index (χ4n) is 3.18. The van der Waals surface area contributed by atoms with Crippen molar-refractivity contribution in [2.45, 2.75) is 26.7 Å². The van der Waals surface area contributed by atoms with Gasteiger partial charge in [-0.3, -0.25) is 14.2 Å². The van der Waals surface area contributed by atoms with Gasteiger partial charge in [-0.05, 0) is 49.2 Å². The van der Waals surface area contributed by atoms with Crippen LogP contribution in [0.15, 0.2) is 40.9 Å². The first-order chi connectivity index (χ1) is 13.3. The smallest absolute Gasteiger partial charge is 0.262 e. The third kappa shape index (κ3) is 3.80. The number of fused-ring (bicyclic) bond motifs is 1. The van der Waals surface area contributed by atoms with Gasteiger partial charge in [-0.2, -0.15) is 0 Å². The quantitative estimate of drug-likeness (QED) is 0.612. The van der Waals surface area contributed by atoms with E-state index in [0.717, 1.165) is 17.0 Å². The summed E-state index contributed by atoms with van der Waals surface area (Å²) in [6.07, 6.45) is 0.842. The fraction of sp³-hybridized carbons (Fsp3) is 0.238. The maximum Gasteiger partial charge on any atom is 0.262 e. The Kier molecular flexibility index (Phi) is 5.84. The highest BCUT2D eigenvalue weighted by molar-refractivity contribution is 9.10. The van der Waals surface area contributed by atoms with Crippen LogP contribution < -0.4 is 5.32 Å². The molecule has 7 heteroatoms. The van der Waals surface area contributed by atoms with Gasteiger partial charge in [-0.25, -0.2) is 4.39 Å². The lowest BCUT2D eigenvalue weighted by Crippen LogP contribution is -2.26. The number of hydrogen-bond acceptors (Lipinski definition) is 3. The van der Waals surface area contributed by atoms with Crippen molar-refractivity contribution in [2.75, 3.05) is 6.54 Å². The molecule has 0 radical (unpaired) electrons. The van der Waals surface area contributed by atoms with Gasteiger partial charge in [0.2, 0.25) is 5.91 Å². The molecular formula is C21H20BrFN2O3. The molecule has 0 unspecified atom stereocenters. The molecule has 0 bridgehead atoms. The highest BCUT2D eigenvalue weighted by Crippen LogP contribution is 2.32. The predicted octanol–water partition coefficient (Wildman–Crippen LogP) is 4.31. The van der Waals surface area contributed by atoms with E-state index in [1.54, 1.807) is 31.2 Å². The Morgan fingerprint density at radius 3 is 2.54 bits per heavy atom. The van der Waals surface area contributed by atoms with Crippen LogP contribution in [0.3, 0.4) is 0 Å². The summed E-state index contributed by atoms with van der Waals surface area (Å²) < 4.78 is 16.3. The number of nitrogens with zero attached hydrogens (tertiary/aromatic N) is 1. The highest BCUT2D eigenvalue weighted by atomic mass is 79.9. The van der Waals surface area contributed by atoms with Gasteiger partial charge in [0.15, 0.2) is 11.6 Å². The van der Waals surface area contributed by atoms with Crippen LogP contribution in [0, 0.1) is 12.7 Å². The molecule has 2 N–H and O–H groups in total. The number of carbonyl (C=O) groups excluding carboxylic acids is 2. The van der Waals surface area contributed by atoms with Crippen LogP contribution in [0.5, 0.6) is 5.75 Å². The number of hydrogen-bond donors (Lipinski definition) is 2. The van der Waals surface area contributed by atoms with E-state index < -0.39 is 11.6 Å². The van der Waals surface area contributed by atoms with Crippen molar-refractivity contribution in [3.8, 4) is 5.75 Å². The number of carbonyl (C=O) groups is 2. The van der Waals surface area contributed by atoms with Gasteiger partial charge in [0.1, 0.15) is 0 Å². The second kappa shape index (κ2) is 8.14. The lowest BCUT2D eigenvalue weighted by Gasteiger charge is -2.08. The third-order valence-corrected chi connectivity index (χ3v) is 5.14. The van der Waals surface area contributed by atoms with Crippen molar-refractivity contribution in [1.29, 1.82) is 0 Å². The first kappa shape index (κ1) is 20.1. The van der Waals surface area contributed by atoms with Gasteiger partial charge < -0.3 is 10.4 Å². The van der Waals surface area contributed by atoms with E-state index in [9.17, 15) is 19.1 Å². The molecule has 0 aliphatic rings. The Morgan fingerprint density at radius 2 is 1.89 bits per heavy atom. The first-order valence-electron chi connectivity index (χ1n) is 8.92. The maximum absolute atomic E-state index is 14.1. The second-order valence-electron chi connectivity index (χ2n) is 6.56. The Labute approximate surface area is 170 Å². The standard InChI is InChI=1S/C21H20BrFN2O3/c1-3-8-24-20(27)10-15-12(2)25(18-11-17(23)19(26)9-16(15)18)21(28)13-4-6-14(22)7-5-13/h4-7,9,11,26H,3,8,10H2,1-2H3,(H,24,27). The first-order valence-corrected chi connectivity index (χ1v) is 9.72. The van der Waals surface area contributed by atoms with Crippen molar-refractivity contribution in [2.24, 2.45) is 0 Å². The van der Waals surface area contributed by atoms with E-state index in [4.69, 9.17) is 0 Å². The third-order valence-electron chi connectivity index (χ3n) is 4.61. The lowest BCUT2D eigenvalue weighted by atomic mass is 10.1. The van der Waals surface area contributed by atoms with Gasteiger partial charge in [0, 0.05) is 33.7 Å². The molecule has 28 heavy (non-hydrogen) atoms. The Hall–Kier alpha value is -2.67. The average molecular weight is 447 g/mol. The number of amides is 1. The molecule has 146 valence electrons. The zero-order chi connectivity index (χ0) is 20.4. The molecule has 0 aliphatic carbocycles. The summed E-state index contributed by atoms with van der Waals surface area (Å²) in [5.41, 5.74) is 1.88. The van der Waals surface area contributed by atoms with Crippen molar-refractivity contribution >= 4 is 38.6 Å². The molecule has 1 amide bonds. The van der Waals surface area contributed by atoms with Crippen LogP contribution in [0.2, 0.25) is 0 Å². The molecule has 0 atom stereocenters. The number of phenolic OH excluding ortho intramolecular Hbond substituents is 1. The normalized spacial score (nSPS) is 11.0. The van der Waals surface area contributed by atoms with Crippen LogP contribution in [-0.2, 0) is 11.2 Å². The largest absolute Gasteiger partial charge is 0.505 e. The van der Waals surface area contributed by atoms with Crippen LogP contribution in [0.1, 0.15) is 35.0 Å². The molecule has 0 fully saturated rings. The van der Waals surface area contributed by atoms with Gasteiger partial charge in [0.05, 0.1) is 11.9 Å². The zero-order valence-electron chi connectivity index (χ0n) is 15.6. The van der Waals surface area contributed by atoms with Crippen LogP contribution in [0.25, 0.3) is 10.9 Å². The molecule has 1 aromatic heterocycles. The fourth-order valence-corrected chi connectivity index (χ4v) is 3.45. The molecule has 2 aromatic carbocycles.